The molecule has 0 aromatic rings. The monoisotopic (exact) mass is 196 g/mol. The Morgan fingerprint density at radius 2 is 1.93 bits per heavy atom. The van der Waals surface area contributed by atoms with Gasteiger partial charge in [-0.05, 0) is 39.0 Å². The highest BCUT2D eigenvalue weighted by Crippen LogP contribution is 2.16. The zero-order chi connectivity index (χ0) is 9.97. The van der Waals surface area contributed by atoms with Crippen molar-refractivity contribution in [3.8, 4) is 0 Å². The Bertz CT molecular complexity index is 211. The zero-order valence-corrected chi connectivity index (χ0v) is 8.96. The quantitative estimate of drug-likeness (QED) is 0.682. The highest BCUT2D eigenvalue weighted by atomic mass is 16.2. The Balaban J connectivity index is 1.89. The van der Waals surface area contributed by atoms with Gasteiger partial charge in [0.05, 0.1) is 6.04 Å². The fourth-order valence-electron chi connectivity index (χ4n) is 2.49. The minimum atomic E-state index is 0.108. The van der Waals surface area contributed by atoms with E-state index in [2.05, 4.69) is 12.2 Å². The summed E-state index contributed by atoms with van der Waals surface area (Å²) in [5, 5.41) is 3.40. The second kappa shape index (κ2) is 4.30. The van der Waals surface area contributed by atoms with Gasteiger partial charge in [0, 0.05) is 19.1 Å². The molecule has 0 radical (unpaired) electrons. The Kier molecular flexibility index (Phi) is 3.06. The molecule has 2 atom stereocenters. The number of hydrogen-bond acceptors (Lipinski definition) is 2. The summed E-state index contributed by atoms with van der Waals surface area (Å²) in [6.07, 6.45) is 5.81. The van der Waals surface area contributed by atoms with Crippen LogP contribution in [0, 0.1) is 0 Å². The maximum Gasteiger partial charge on any atom is 0.239 e. The van der Waals surface area contributed by atoms with Crippen LogP contribution in [-0.4, -0.2) is 36.0 Å². The van der Waals surface area contributed by atoms with Crippen LogP contribution < -0.4 is 5.32 Å². The van der Waals surface area contributed by atoms with Gasteiger partial charge in [-0.3, -0.25) is 4.79 Å². The molecule has 1 N–H and O–H groups in total. The first-order valence-corrected chi connectivity index (χ1v) is 5.82. The molecule has 0 aromatic heterocycles. The predicted octanol–water partition coefficient (Wildman–Crippen LogP) is 1.14. The van der Waals surface area contributed by atoms with Gasteiger partial charge >= 0.3 is 0 Å². The van der Waals surface area contributed by atoms with E-state index < -0.39 is 0 Å². The number of nitrogens with zero attached hydrogens (tertiary/aromatic N) is 1. The van der Waals surface area contributed by atoms with Crippen molar-refractivity contribution in [2.24, 2.45) is 0 Å². The lowest BCUT2D eigenvalue weighted by molar-refractivity contribution is -0.133. The molecule has 3 heteroatoms. The fraction of sp³-hybridized carbons (Fsp3) is 0.909. The first kappa shape index (κ1) is 9.97. The smallest absolute Gasteiger partial charge is 0.239 e. The average Bonchev–Trinajstić information content (AvgIpc) is 2.69. The van der Waals surface area contributed by atoms with Crippen LogP contribution in [0.1, 0.15) is 39.0 Å². The molecule has 0 bridgehead atoms. The van der Waals surface area contributed by atoms with Crippen molar-refractivity contribution in [3.63, 3.8) is 0 Å². The number of hydrogen-bond donors (Lipinski definition) is 1. The molecule has 14 heavy (non-hydrogen) atoms. The molecule has 2 fully saturated rings. The van der Waals surface area contributed by atoms with Gasteiger partial charge in [0.2, 0.25) is 5.91 Å². The topological polar surface area (TPSA) is 32.3 Å². The molecule has 0 spiro atoms. The molecule has 80 valence electrons. The second-order valence-electron chi connectivity index (χ2n) is 4.58. The lowest BCUT2D eigenvalue weighted by atomic mass is 9.99. The highest BCUT2D eigenvalue weighted by molar-refractivity contribution is 5.82. The Morgan fingerprint density at radius 3 is 2.57 bits per heavy atom. The molecule has 3 nitrogen and oxygen atoms in total. The normalized spacial score (nSPS) is 33.4. The van der Waals surface area contributed by atoms with Crippen LogP contribution in [0.3, 0.4) is 0 Å². The van der Waals surface area contributed by atoms with E-state index in [0.717, 1.165) is 19.5 Å². The van der Waals surface area contributed by atoms with Crippen LogP contribution in [0.15, 0.2) is 0 Å². The van der Waals surface area contributed by atoms with E-state index in [9.17, 15) is 4.79 Å². The molecule has 0 unspecified atom stereocenters. The van der Waals surface area contributed by atoms with Crippen molar-refractivity contribution < 1.29 is 4.79 Å². The summed E-state index contributed by atoms with van der Waals surface area (Å²) in [6.45, 7) is 4.13. The third-order valence-electron chi connectivity index (χ3n) is 3.33. The van der Waals surface area contributed by atoms with Gasteiger partial charge in [-0.25, -0.2) is 0 Å². The van der Waals surface area contributed by atoms with E-state index >= 15 is 0 Å². The summed E-state index contributed by atoms with van der Waals surface area (Å²) < 4.78 is 0. The Hall–Kier alpha value is -0.570. The molecule has 2 rings (SSSR count). The SMILES string of the molecule is C[C@H]1CCC[C@@H](C(=O)N2CCCC2)N1. The Labute approximate surface area is 85.8 Å². The number of carbonyl (C=O) groups excluding carboxylic acids is 1. The lowest BCUT2D eigenvalue weighted by Crippen LogP contribution is -2.50. The van der Waals surface area contributed by atoms with E-state index in [1.54, 1.807) is 0 Å². The van der Waals surface area contributed by atoms with E-state index in [0.29, 0.717) is 11.9 Å². The summed E-state index contributed by atoms with van der Waals surface area (Å²) >= 11 is 0. The molecule has 0 saturated carbocycles. The minimum Gasteiger partial charge on any atom is -0.341 e. The van der Waals surface area contributed by atoms with Crippen molar-refractivity contribution >= 4 is 5.91 Å². The van der Waals surface area contributed by atoms with Gasteiger partial charge < -0.3 is 10.2 Å². The van der Waals surface area contributed by atoms with Gasteiger partial charge in [0.15, 0.2) is 0 Å². The molecular weight excluding hydrogens is 176 g/mol. The van der Waals surface area contributed by atoms with Gasteiger partial charge in [-0.2, -0.15) is 0 Å². The van der Waals surface area contributed by atoms with Crippen LogP contribution in [0.4, 0.5) is 0 Å². The van der Waals surface area contributed by atoms with E-state index in [-0.39, 0.29) is 6.04 Å². The van der Waals surface area contributed by atoms with Gasteiger partial charge in [0.1, 0.15) is 0 Å². The summed E-state index contributed by atoms with van der Waals surface area (Å²) in [5.74, 6) is 0.342. The number of carbonyl (C=O) groups is 1. The molecular formula is C11H20N2O. The maximum atomic E-state index is 12.0. The summed E-state index contributed by atoms with van der Waals surface area (Å²) in [4.78, 5) is 14.0. The molecule has 2 saturated heterocycles. The number of amides is 1. The van der Waals surface area contributed by atoms with Gasteiger partial charge in [0.25, 0.3) is 0 Å². The number of rotatable bonds is 1. The van der Waals surface area contributed by atoms with Crippen LogP contribution in [0.2, 0.25) is 0 Å². The molecule has 2 aliphatic rings. The summed E-state index contributed by atoms with van der Waals surface area (Å²) in [6, 6.07) is 0.622. The van der Waals surface area contributed by atoms with Crippen molar-refractivity contribution in [1.29, 1.82) is 0 Å². The van der Waals surface area contributed by atoms with E-state index in [1.807, 2.05) is 4.90 Å². The van der Waals surface area contributed by atoms with Crippen LogP contribution in [-0.2, 0) is 4.79 Å². The summed E-state index contributed by atoms with van der Waals surface area (Å²) in [7, 11) is 0. The Morgan fingerprint density at radius 1 is 1.21 bits per heavy atom. The fourth-order valence-corrected chi connectivity index (χ4v) is 2.49. The third kappa shape index (κ3) is 2.08. The predicted molar refractivity (Wildman–Crippen MR) is 56.1 cm³/mol. The first-order valence-electron chi connectivity index (χ1n) is 5.82. The maximum absolute atomic E-state index is 12.0. The number of nitrogens with one attached hydrogen (secondary N) is 1. The zero-order valence-electron chi connectivity index (χ0n) is 8.96. The minimum absolute atomic E-state index is 0.108. The van der Waals surface area contributed by atoms with Gasteiger partial charge in [-0.1, -0.05) is 0 Å². The largest absolute Gasteiger partial charge is 0.341 e. The third-order valence-corrected chi connectivity index (χ3v) is 3.33. The molecule has 1 amide bonds. The summed E-state index contributed by atoms with van der Waals surface area (Å²) in [5.41, 5.74) is 0. The molecule has 2 heterocycles. The van der Waals surface area contributed by atoms with E-state index in [1.165, 1.54) is 25.7 Å². The van der Waals surface area contributed by atoms with Crippen LogP contribution >= 0.6 is 0 Å². The van der Waals surface area contributed by atoms with E-state index in [4.69, 9.17) is 0 Å². The molecule has 0 aromatic carbocycles. The number of piperidine rings is 1. The van der Waals surface area contributed by atoms with Gasteiger partial charge in [-0.15, -0.1) is 0 Å². The lowest BCUT2D eigenvalue weighted by Gasteiger charge is -2.30. The first-order chi connectivity index (χ1) is 6.77. The standard InChI is InChI=1S/C11H20N2O/c1-9-5-4-6-10(12-9)11(14)13-7-2-3-8-13/h9-10,12H,2-8H2,1H3/t9-,10-/m0/s1. The van der Waals surface area contributed by atoms with Crippen LogP contribution in [0.25, 0.3) is 0 Å². The van der Waals surface area contributed by atoms with Crippen molar-refractivity contribution in [1.82, 2.24) is 10.2 Å². The average molecular weight is 196 g/mol. The number of likely N-dealkylation sites (tertiary alicyclic amines) is 1. The van der Waals surface area contributed by atoms with Crippen molar-refractivity contribution in [2.75, 3.05) is 13.1 Å². The second-order valence-corrected chi connectivity index (χ2v) is 4.58. The molecule has 0 aliphatic carbocycles. The van der Waals surface area contributed by atoms with Crippen LogP contribution in [0.5, 0.6) is 0 Å². The molecule has 2 aliphatic heterocycles. The van der Waals surface area contributed by atoms with Crippen molar-refractivity contribution in [3.05, 3.63) is 0 Å². The highest BCUT2D eigenvalue weighted by Gasteiger charge is 2.29. The van der Waals surface area contributed by atoms with Crippen molar-refractivity contribution in [2.45, 2.75) is 51.1 Å².